The van der Waals surface area contributed by atoms with Gasteiger partial charge < -0.3 is 25.1 Å². The van der Waals surface area contributed by atoms with Crippen molar-refractivity contribution >= 4 is 30.4 Å². The van der Waals surface area contributed by atoms with Crippen LogP contribution in [0.5, 0.6) is 0 Å². The predicted molar refractivity (Wildman–Crippen MR) is 82.0 cm³/mol. The lowest BCUT2D eigenvalue weighted by molar-refractivity contribution is -0.384. The van der Waals surface area contributed by atoms with Crippen molar-refractivity contribution in [3.8, 4) is 0 Å². The molecule has 1 aromatic heterocycles. The summed E-state index contributed by atoms with van der Waals surface area (Å²) in [6.45, 7) is 0.0125. The second-order valence-corrected chi connectivity index (χ2v) is 6.73. The number of non-ortho nitro benzene ring substituents is 1. The maximum absolute atomic E-state index is 11.4. The normalized spacial score (nSPS) is 11.7. The van der Waals surface area contributed by atoms with Crippen molar-refractivity contribution < 1.29 is 14.7 Å². The van der Waals surface area contributed by atoms with Crippen molar-refractivity contribution in [1.29, 1.82) is 0 Å². The fourth-order valence-electron chi connectivity index (χ4n) is 1.90. The molecular weight excluding hydrogens is 315 g/mol. The van der Waals surface area contributed by atoms with Crippen molar-refractivity contribution in [2.24, 2.45) is 0 Å². The summed E-state index contributed by atoms with van der Waals surface area (Å²) < 4.78 is 0. The molecule has 0 fully saturated rings. The van der Waals surface area contributed by atoms with E-state index in [0.29, 0.717) is 5.56 Å². The van der Waals surface area contributed by atoms with E-state index in [9.17, 15) is 29.5 Å². The van der Waals surface area contributed by atoms with Crippen LogP contribution in [0.1, 0.15) is 5.56 Å². The zero-order valence-corrected chi connectivity index (χ0v) is 12.1. The Balaban J connectivity index is 2.52. The third-order valence-electron chi connectivity index (χ3n) is 2.79. The molecular formula is C11H13N4O6P. The second-order valence-electron chi connectivity index (χ2n) is 4.66. The van der Waals surface area contributed by atoms with Gasteiger partial charge in [-0.05, 0) is 5.56 Å². The molecule has 118 valence electrons. The zero-order valence-electron chi connectivity index (χ0n) is 11.2. The van der Waals surface area contributed by atoms with Crippen molar-refractivity contribution in [2.45, 2.75) is 6.54 Å². The fraction of sp³-hybridized carbons (Fsp3) is 0.182. The summed E-state index contributed by atoms with van der Waals surface area (Å²) in [6.07, 6.45) is 2.99. The number of H-pyrrole nitrogens is 2. The number of benzene rings is 1. The van der Waals surface area contributed by atoms with Gasteiger partial charge in [-0.3, -0.25) is 19.7 Å². The van der Waals surface area contributed by atoms with Crippen LogP contribution in [0.15, 0.2) is 21.7 Å². The number of nitro benzene ring substituents is 1. The summed E-state index contributed by atoms with van der Waals surface area (Å²) in [4.78, 5) is 56.0. The first kappa shape index (κ1) is 16.1. The van der Waals surface area contributed by atoms with Crippen LogP contribution in [0, 0.1) is 10.1 Å². The van der Waals surface area contributed by atoms with E-state index in [-0.39, 0.29) is 29.6 Å². The van der Waals surface area contributed by atoms with E-state index in [0.717, 1.165) is 6.07 Å². The maximum atomic E-state index is 11.4. The Morgan fingerprint density at radius 1 is 1.27 bits per heavy atom. The second kappa shape index (κ2) is 5.85. The largest absolute Gasteiger partial charge is 0.353 e. The summed E-state index contributed by atoms with van der Waals surface area (Å²) in [6, 6.07) is 2.36. The molecule has 22 heavy (non-hydrogen) atoms. The number of fused-ring (bicyclic) bond motifs is 1. The van der Waals surface area contributed by atoms with Crippen molar-refractivity contribution in [3.05, 3.63) is 48.5 Å². The molecule has 0 saturated carbocycles. The minimum atomic E-state index is -3.29. The van der Waals surface area contributed by atoms with Crippen molar-refractivity contribution in [3.63, 3.8) is 0 Å². The van der Waals surface area contributed by atoms with Gasteiger partial charge in [0.2, 0.25) is 0 Å². The smallest absolute Gasteiger partial charge is 0.314 e. The van der Waals surface area contributed by atoms with E-state index < -0.39 is 23.4 Å². The predicted octanol–water partition coefficient (Wildman–Crippen LogP) is -0.564. The molecule has 0 unspecified atom stereocenters. The van der Waals surface area contributed by atoms with Gasteiger partial charge in [0.05, 0.1) is 22.2 Å². The number of hydrogen-bond donors (Lipinski definition) is 5. The van der Waals surface area contributed by atoms with Gasteiger partial charge in [0.1, 0.15) is 7.34 Å². The Morgan fingerprint density at radius 2 is 1.91 bits per heavy atom. The first-order valence-corrected chi connectivity index (χ1v) is 8.06. The Kier molecular flexibility index (Phi) is 4.29. The first-order chi connectivity index (χ1) is 10.2. The third-order valence-corrected chi connectivity index (χ3v) is 3.52. The number of nitrogens with one attached hydrogen (secondary N) is 3. The van der Waals surface area contributed by atoms with Crippen LogP contribution in [-0.4, -0.2) is 37.3 Å². The molecule has 0 aliphatic rings. The highest BCUT2D eigenvalue weighted by molar-refractivity contribution is 7.62. The number of nitro groups is 1. The quantitative estimate of drug-likeness (QED) is 0.212. The van der Waals surface area contributed by atoms with Crippen LogP contribution < -0.4 is 16.4 Å². The molecule has 2 rings (SSSR count). The van der Waals surface area contributed by atoms with E-state index in [2.05, 4.69) is 21.6 Å². The lowest BCUT2D eigenvalue weighted by atomic mass is 10.1. The maximum Gasteiger partial charge on any atom is 0.314 e. The number of rotatable bonds is 5. The molecule has 0 saturated heterocycles. The molecule has 0 atom stereocenters. The van der Waals surface area contributed by atoms with E-state index in [1.807, 2.05) is 0 Å². The minimum absolute atomic E-state index is 0.0125. The highest BCUT2D eigenvalue weighted by atomic mass is 31.2. The number of hydrogen-bond acceptors (Lipinski definition) is 7. The Labute approximate surface area is 122 Å². The van der Waals surface area contributed by atoms with Gasteiger partial charge in [-0.2, -0.15) is 0 Å². The highest BCUT2D eigenvalue weighted by Gasteiger charge is 2.14. The monoisotopic (exact) mass is 328 g/mol. The summed E-state index contributed by atoms with van der Waals surface area (Å²) in [5, 5.41) is 13.6. The third kappa shape index (κ3) is 3.68. The Morgan fingerprint density at radius 3 is 2.50 bits per heavy atom. The number of aromatic amines is 2. The van der Waals surface area contributed by atoms with Crippen LogP contribution in [0.25, 0.3) is 11.0 Å². The summed E-state index contributed by atoms with van der Waals surface area (Å²) in [7, 11) is -3.29. The van der Waals surface area contributed by atoms with E-state index in [1.54, 1.807) is 0 Å². The summed E-state index contributed by atoms with van der Waals surface area (Å²) in [5.41, 5.74) is -1.40. The average Bonchev–Trinajstić information content (AvgIpc) is 2.38. The standard InChI is InChI=1S/C11H13N4O6P/c1-22(20,21)5-12-4-6-2-7(15(18)19)3-8-9(6)14-11(17)10(16)13-8/h2-3,12,20-21H,1,4-5H2,(H,13,16)(H,14,17). The molecule has 0 aliphatic heterocycles. The van der Waals surface area contributed by atoms with Crippen LogP contribution >= 0.6 is 7.34 Å². The molecule has 0 radical (unpaired) electrons. The van der Waals surface area contributed by atoms with E-state index >= 15 is 0 Å². The molecule has 1 heterocycles. The number of nitrogens with zero attached hydrogens (tertiary/aromatic N) is 1. The zero-order chi connectivity index (χ0) is 16.5. The van der Waals surface area contributed by atoms with E-state index in [4.69, 9.17) is 0 Å². The first-order valence-electron chi connectivity index (χ1n) is 5.99. The summed E-state index contributed by atoms with van der Waals surface area (Å²) in [5.74, 6) is 0. The van der Waals surface area contributed by atoms with Crippen LogP contribution in [0.4, 0.5) is 5.69 Å². The van der Waals surface area contributed by atoms with E-state index in [1.165, 1.54) is 6.07 Å². The van der Waals surface area contributed by atoms with Gasteiger partial charge in [0.25, 0.3) is 5.69 Å². The fourth-order valence-corrected chi connectivity index (χ4v) is 2.37. The number of aromatic nitrogens is 2. The SMILES string of the molecule is C=P(O)(O)CNCc1cc([N+](=O)[O-])cc2[nH]c(=O)c(=O)[nH]c12. The van der Waals surface area contributed by atoms with Crippen molar-refractivity contribution in [1.82, 2.24) is 15.3 Å². The molecule has 10 nitrogen and oxygen atoms in total. The lowest BCUT2D eigenvalue weighted by Gasteiger charge is -2.12. The van der Waals surface area contributed by atoms with Gasteiger partial charge in [-0.1, -0.05) is 6.30 Å². The summed E-state index contributed by atoms with van der Waals surface area (Å²) >= 11 is 0. The van der Waals surface area contributed by atoms with Gasteiger partial charge in [0.15, 0.2) is 0 Å². The molecule has 0 amide bonds. The molecule has 11 heteroatoms. The topological polar surface area (TPSA) is 161 Å². The molecule has 0 aliphatic carbocycles. The lowest BCUT2D eigenvalue weighted by Crippen LogP contribution is -2.29. The Bertz CT molecular complexity index is 896. The van der Waals surface area contributed by atoms with Gasteiger partial charge in [0, 0.05) is 18.7 Å². The molecule has 0 bridgehead atoms. The molecule has 5 N–H and O–H groups in total. The average molecular weight is 328 g/mol. The van der Waals surface area contributed by atoms with Gasteiger partial charge in [-0.15, -0.1) is 0 Å². The van der Waals surface area contributed by atoms with Crippen LogP contribution in [-0.2, 0) is 6.54 Å². The highest BCUT2D eigenvalue weighted by Crippen LogP contribution is 2.31. The molecule has 2 aromatic rings. The van der Waals surface area contributed by atoms with Crippen LogP contribution in [0.3, 0.4) is 0 Å². The van der Waals surface area contributed by atoms with Gasteiger partial charge in [-0.25, -0.2) is 0 Å². The minimum Gasteiger partial charge on any atom is -0.353 e. The molecule has 1 aromatic carbocycles. The van der Waals surface area contributed by atoms with Crippen molar-refractivity contribution in [2.75, 3.05) is 6.29 Å². The Hall–Kier alpha value is -2.26. The van der Waals surface area contributed by atoms with Gasteiger partial charge >= 0.3 is 11.1 Å². The molecule has 0 spiro atoms. The van der Waals surface area contributed by atoms with Crippen LogP contribution in [0.2, 0.25) is 0 Å².